The molecule has 0 aliphatic carbocycles. The van der Waals surface area contributed by atoms with Crippen molar-refractivity contribution >= 4 is 5.78 Å². The number of rotatable bonds is 18. The summed E-state index contributed by atoms with van der Waals surface area (Å²) in [6.45, 7) is 8.49. The molecule has 0 bridgehead atoms. The average Bonchev–Trinajstić information content (AvgIpc) is 2.81. The molecule has 2 nitrogen and oxygen atoms in total. The van der Waals surface area contributed by atoms with E-state index < -0.39 is 0 Å². The van der Waals surface area contributed by atoms with Crippen LogP contribution in [0, 0.1) is 0 Å². The summed E-state index contributed by atoms with van der Waals surface area (Å²) in [5, 5.41) is 0. The molecule has 0 aromatic heterocycles. The first-order valence-electron chi connectivity index (χ1n) is 14.2. The number of carbonyl (C=O) groups is 1. The zero-order valence-corrected chi connectivity index (χ0v) is 22.2. The van der Waals surface area contributed by atoms with Gasteiger partial charge in [0, 0.05) is 18.4 Å². The molecule has 2 rings (SSSR count). The Morgan fingerprint density at radius 3 is 1.88 bits per heavy atom. The fourth-order valence-electron chi connectivity index (χ4n) is 4.98. The number of aryl methyl sites for hydroxylation is 2. The minimum absolute atomic E-state index is 0.178. The number of Topliss-reactive ketones (excluding diaryl/α,β-unsaturated/α-hetero) is 1. The van der Waals surface area contributed by atoms with Crippen LogP contribution in [0.2, 0.25) is 0 Å². The molecule has 2 heteroatoms. The molecule has 0 atom stereocenters. The number of allylic oxidation sites excluding steroid dienone is 2. The Bertz CT molecular complexity index is 744. The van der Waals surface area contributed by atoms with Crippen LogP contribution in [0.5, 0.6) is 5.75 Å². The quantitative estimate of drug-likeness (QED) is 0.206. The highest BCUT2D eigenvalue weighted by atomic mass is 16.5. The Balaban J connectivity index is 2.18. The van der Waals surface area contributed by atoms with Gasteiger partial charge in [-0.25, -0.2) is 0 Å². The van der Waals surface area contributed by atoms with Gasteiger partial charge in [0.15, 0.2) is 5.78 Å². The van der Waals surface area contributed by atoms with Crippen LogP contribution < -0.4 is 4.74 Å². The standard InChI is InChI=1S/C31H50O2/c1-5-8-11-14-16-19-26-22-27(20-17-15-12-9-6-2)31-28(23-26)24-29(25(4)32)30(33-31)21-18-13-10-7-3/h22-23H,5-21,24H2,1-4H3. The summed E-state index contributed by atoms with van der Waals surface area (Å²) in [6.07, 6.45) is 21.7. The van der Waals surface area contributed by atoms with Gasteiger partial charge in [0.1, 0.15) is 11.5 Å². The third kappa shape index (κ3) is 9.67. The largest absolute Gasteiger partial charge is 0.461 e. The SMILES string of the molecule is CCCCCCCc1cc(CCCCCCC)c2c(c1)CC(C(C)=O)=C(CCCCCC)O2. The van der Waals surface area contributed by atoms with Gasteiger partial charge in [-0.2, -0.15) is 0 Å². The van der Waals surface area contributed by atoms with Crippen molar-refractivity contribution in [1.82, 2.24) is 0 Å². The maximum Gasteiger partial charge on any atom is 0.159 e. The van der Waals surface area contributed by atoms with Gasteiger partial charge < -0.3 is 4.74 Å². The van der Waals surface area contributed by atoms with Gasteiger partial charge in [0.2, 0.25) is 0 Å². The Hall–Kier alpha value is -1.57. The van der Waals surface area contributed by atoms with E-state index in [9.17, 15) is 4.79 Å². The summed E-state index contributed by atoms with van der Waals surface area (Å²) in [4.78, 5) is 12.5. The van der Waals surface area contributed by atoms with Crippen LogP contribution in [-0.2, 0) is 24.1 Å². The van der Waals surface area contributed by atoms with Crippen LogP contribution in [0.4, 0.5) is 0 Å². The summed E-state index contributed by atoms with van der Waals surface area (Å²) in [5.74, 6) is 2.21. The number of hydrogen-bond donors (Lipinski definition) is 0. The minimum Gasteiger partial charge on any atom is -0.461 e. The number of carbonyl (C=O) groups excluding carboxylic acids is 1. The molecular weight excluding hydrogens is 404 g/mol. The van der Waals surface area contributed by atoms with Crippen molar-refractivity contribution in [2.75, 3.05) is 0 Å². The van der Waals surface area contributed by atoms with Gasteiger partial charge in [-0.1, -0.05) is 104 Å². The number of benzene rings is 1. The van der Waals surface area contributed by atoms with Gasteiger partial charge in [0.25, 0.3) is 0 Å². The van der Waals surface area contributed by atoms with Crippen LogP contribution in [0.1, 0.15) is 141 Å². The van der Waals surface area contributed by atoms with Gasteiger partial charge >= 0.3 is 0 Å². The lowest BCUT2D eigenvalue weighted by molar-refractivity contribution is -0.113. The molecule has 0 amide bonds. The lowest BCUT2D eigenvalue weighted by Crippen LogP contribution is -2.17. The fraction of sp³-hybridized carbons (Fsp3) is 0.710. The van der Waals surface area contributed by atoms with Crippen molar-refractivity contribution in [3.05, 3.63) is 40.2 Å². The second-order valence-corrected chi connectivity index (χ2v) is 10.1. The van der Waals surface area contributed by atoms with Crippen LogP contribution in [0.3, 0.4) is 0 Å². The van der Waals surface area contributed by atoms with Crippen LogP contribution in [0.25, 0.3) is 0 Å². The normalized spacial score (nSPS) is 13.2. The molecule has 186 valence electrons. The van der Waals surface area contributed by atoms with Gasteiger partial charge in [-0.3, -0.25) is 4.79 Å². The second-order valence-electron chi connectivity index (χ2n) is 10.1. The number of ether oxygens (including phenoxy) is 1. The number of fused-ring (bicyclic) bond motifs is 1. The smallest absolute Gasteiger partial charge is 0.159 e. The predicted octanol–water partition coefficient (Wildman–Crippen LogP) is 9.46. The van der Waals surface area contributed by atoms with Gasteiger partial charge in [-0.05, 0) is 55.7 Å². The molecule has 1 aliphatic rings. The van der Waals surface area contributed by atoms with E-state index in [2.05, 4.69) is 32.9 Å². The van der Waals surface area contributed by atoms with E-state index in [4.69, 9.17) is 4.74 Å². The van der Waals surface area contributed by atoms with Crippen LogP contribution in [-0.4, -0.2) is 5.78 Å². The van der Waals surface area contributed by atoms with Gasteiger partial charge in [-0.15, -0.1) is 0 Å². The van der Waals surface area contributed by atoms with Crippen LogP contribution in [0.15, 0.2) is 23.5 Å². The maximum atomic E-state index is 12.5. The van der Waals surface area contributed by atoms with E-state index in [-0.39, 0.29) is 5.78 Å². The Morgan fingerprint density at radius 2 is 1.27 bits per heavy atom. The van der Waals surface area contributed by atoms with E-state index in [1.165, 1.54) is 100 Å². The van der Waals surface area contributed by atoms with Crippen molar-refractivity contribution in [1.29, 1.82) is 0 Å². The van der Waals surface area contributed by atoms with E-state index in [0.29, 0.717) is 0 Å². The number of hydrogen-bond acceptors (Lipinski definition) is 2. The summed E-state index contributed by atoms with van der Waals surface area (Å²) < 4.78 is 6.57. The molecule has 0 unspecified atom stereocenters. The molecule has 0 N–H and O–H groups in total. The van der Waals surface area contributed by atoms with Crippen molar-refractivity contribution in [2.24, 2.45) is 0 Å². The molecular formula is C31H50O2. The summed E-state index contributed by atoms with van der Waals surface area (Å²) in [6, 6.07) is 4.76. The third-order valence-corrected chi connectivity index (χ3v) is 7.03. The van der Waals surface area contributed by atoms with E-state index in [1.54, 1.807) is 6.92 Å². The molecule has 33 heavy (non-hydrogen) atoms. The number of unbranched alkanes of at least 4 members (excludes halogenated alkanes) is 11. The number of ketones is 1. The minimum atomic E-state index is 0.178. The maximum absolute atomic E-state index is 12.5. The highest BCUT2D eigenvalue weighted by Crippen LogP contribution is 2.37. The first-order valence-corrected chi connectivity index (χ1v) is 14.2. The van der Waals surface area contributed by atoms with Crippen molar-refractivity contribution in [3.63, 3.8) is 0 Å². The predicted molar refractivity (Wildman–Crippen MR) is 142 cm³/mol. The highest BCUT2D eigenvalue weighted by molar-refractivity contribution is 5.94. The highest BCUT2D eigenvalue weighted by Gasteiger charge is 2.25. The zero-order valence-electron chi connectivity index (χ0n) is 22.2. The van der Waals surface area contributed by atoms with E-state index in [1.807, 2.05) is 0 Å². The monoisotopic (exact) mass is 454 g/mol. The zero-order chi connectivity index (χ0) is 23.9. The third-order valence-electron chi connectivity index (χ3n) is 7.03. The lowest BCUT2D eigenvalue weighted by Gasteiger charge is -2.26. The molecule has 1 aliphatic heterocycles. The van der Waals surface area contributed by atoms with Crippen molar-refractivity contribution in [3.8, 4) is 5.75 Å². The molecule has 0 spiro atoms. The molecule has 1 aromatic rings. The Labute approximate surface area is 204 Å². The van der Waals surface area contributed by atoms with Crippen molar-refractivity contribution in [2.45, 2.75) is 143 Å². The molecule has 0 radical (unpaired) electrons. The topological polar surface area (TPSA) is 26.3 Å². The molecule has 0 fully saturated rings. The van der Waals surface area contributed by atoms with Crippen LogP contribution >= 0.6 is 0 Å². The second kappa shape index (κ2) is 16.1. The fourth-order valence-corrected chi connectivity index (χ4v) is 4.98. The molecule has 0 saturated heterocycles. The lowest BCUT2D eigenvalue weighted by atomic mass is 9.90. The Morgan fingerprint density at radius 1 is 0.727 bits per heavy atom. The first-order chi connectivity index (χ1) is 16.1. The molecule has 1 aromatic carbocycles. The first kappa shape index (κ1) is 27.7. The van der Waals surface area contributed by atoms with Gasteiger partial charge in [0.05, 0.1) is 0 Å². The average molecular weight is 455 g/mol. The molecule has 1 heterocycles. The van der Waals surface area contributed by atoms with E-state index in [0.717, 1.165) is 49.2 Å². The Kier molecular flexibility index (Phi) is 13.5. The summed E-state index contributed by atoms with van der Waals surface area (Å²) >= 11 is 0. The summed E-state index contributed by atoms with van der Waals surface area (Å²) in [5.41, 5.74) is 4.97. The molecule has 0 saturated carbocycles. The van der Waals surface area contributed by atoms with Crippen molar-refractivity contribution < 1.29 is 9.53 Å². The summed E-state index contributed by atoms with van der Waals surface area (Å²) in [7, 11) is 0. The van der Waals surface area contributed by atoms with E-state index >= 15 is 0 Å².